The van der Waals surface area contributed by atoms with Crippen molar-refractivity contribution in [2.75, 3.05) is 6.54 Å². The van der Waals surface area contributed by atoms with Crippen molar-refractivity contribution in [3.8, 4) is 0 Å². The van der Waals surface area contributed by atoms with Gasteiger partial charge in [0.05, 0.1) is 6.54 Å². The molecule has 2 rings (SSSR count). The molecule has 0 saturated carbocycles. The van der Waals surface area contributed by atoms with Crippen LogP contribution in [-0.4, -0.2) is 16.9 Å². The molecule has 0 atom stereocenters. The lowest BCUT2D eigenvalue weighted by Gasteiger charge is -2.27. The van der Waals surface area contributed by atoms with E-state index >= 15 is 0 Å². The number of hydrogen-bond donors (Lipinski definition) is 0. The predicted molar refractivity (Wildman–Crippen MR) is 106 cm³/mol. The Hall–Kier alpha value is -2.71. The summed E-state index contributed by atoms with van der Waals surface area (Å²) in [6, 6.07) is 20.1. The van der Waals surface area contributed by atoms with Gasteiger partial charge in [-0.2, -0.15) is 0 Å². The zero-order valence-electron chi connectivity index (χ0n) is 14.8. The molecule has 1 amide bonds. The minimum absolute atomic E-state index is 0.0205. The molecule has 0 radical (unpaired) electrons. The van der Waals surface area contributed by atoms with Gasteiger partial charge in [0.15, 0.2) is 0 Å². The van der Waals surface area contributed by atoms with Crippen molar-refractivity contribution in [1.29, 1.82) is 0 Å². The summed E-state index contributed by atoms with van der Waals surface area (Å²) in [5.41, 5.74) is 2.15. The van der Waals surface area contributed by atoms with Crippen LogP contribution in [0.2, 0.25) is 0 Å². The number of quaternary nitrogens is 1. The Morgan fingerprint density at radius 2 is 1.40 bits per heavy atom. The van der Waals surface area contributed by atoms with Crippen LogP contribution in [0, 0.1) is 0 Å². The van der Waals surface area contributed by atoms with Crippen LogP contribution >= 0.6 is 0 Å². The highest BCUT2D eigenvalue weighted by Gasteiger charge is 2.29. The second kappa shape index (κ2) is 9.55. The van der Waals surface area contributed by atoms with Crippen molar-refractivity contribution in [2.24, 2.45) is 0 Å². The number of unbranched alkanes of at least 4 members (excludes halogenated alkanes) is 1. The molecular formula is C23H26NO+. The summed E-state index contributed by atoms with van der Waals surface area (Å²) in [5.74, 6) is -0.0205. The maximum absolute atomic E-state index is 12.7. The van der Waals surface area contributed by atoms with Crippen LogP contribution in [0.1, 0.15) is 30.9 Å². The van der Waals surface area contributed by atoms with Crippen LogP contribution in [0.5, 0.6) is 0 Å². The molecule has 0 aromatic heterocycles. The molecule has 0 N–H and O–H groups in total. The van der Waals surface area contributed by atoms with Gasteiger partial charge in [0, 0.05) is 6.08 Å². The van der Waals surface area contributed by atoms with Gasteiger partial charge >= 0.3 is 5.91 Å². The Bertz CT molecular complexity index is 680. The zero-order chi connectivity index (χ0) is 18.0. The second-order valence-electron chi connectivity index (χ2n) is 6.00. The Morgan fingerprint density at radius 3 is 1.80 bits per heavy atom. The molecule has 2 aromatic carbocycles. The number of carbonyl (C=O) groups excluding carboxylic acids is 1. The smallest absolute Gasteiger partial charge is 0.225 e. The Morgan fingerprint density at radius 1 is 0.920 bits per heavy atom. The minimum Gasteiger partial charge on any atom is -0.225 e. The average Bonchev–Trinajstić information content (AvgIpc) is 2.68. The fourth-order valence-electron chi connectivity index (χ4n) is 2.61. The van der Waals surface area contributed by atoms with Gasteiger partial charge in [-0.05, 0) is 29.7 Å². The summed E-state index contributed by atoms with van der Waals surface area (Å²) in [5, 5.41) is 0. The first-order valence-electron chi connectivity index (χ1n) is 8.73. The summed E-state index contributed by atoms with van der Waals surface area (Å²) in [6.07, 6.45) is 11.3. The van der Waals surface area contributed by atoms with E-state index in [-0.39, 0.29) is 10.4 Å². The Kier molecular flexibility index (Phi) is 7.12. The highest BCUT2D eigenvalue weighted by molar-refractivity contribution is 5.82. The molecular weight excluding hydrogens is 306 g/mol. The maximum atomic E-state index is 12.7. The molecule has 0 unspecified atom stereocenters. The van der Waals surface area contributed by atoms with Gasteiger partial charge in [-0.25, -0.2) is 9.28 Å². The molecule has 0 spiro atoms. The molecule has 0 heterocycles. The molecule has 0 bridgehead atoms. The van der Waals surface area contributed by atoms with E-state index in [9.17, 15) is 4.79 Å². The fraction of sp³-hybridized carbons (Fsp3) is 0.174. The zero-order valence-corrected chi connectivity index (χ0v) is 14.8. The molecule has 0 fully saturated rings. The van der Waals surface area contributed by atoms with Crippen LogP contribution in [0.4, 0.5) is 0 Å². The van der Waals surface area contributed by atoms with E-state index in [2.05, 4.69) is 13.5 Å². The standard InChI is InChI=1S/C23H26NO/c1-3-5-18-24(23(25)4-2,19-16-21-12-8-6-9-13-21)20-17-22-14-10-7-11-15-22/h4,6-17,19-20H,2-3,5,18H2,1H3/q+1. The van der Waals surface area contributed by atoms with E-state index in [1.54, 1.807) is 0 Å². The first-order valence-corrected chi connectivity index (χ1v) is 8.73. The van der Waals surface area contributed by atoms with E-state index < -0.39 is 0 Å². The molecule has 2 nitrogen and oxygen atoms in total. The normalized spacial score (nSPS) is 13.8. The second-order valence-corrected chi connectivity index (χ2v) is 6.00. The third-order valence-electron chi connectivity index (χ3n) is 4.13. The van der Waals surface area contributed by atoms with Crippen molar-refractivity contribution in [3.05, 3.63) is 96.8 Å². The van der Waals surface area contributed by atoms with Crippen molar-refractivity contribution in [3.63, 3.8) is 0 Å². The summed E-state index contributed by atoms with van der Waals surface area (Å²) >= 11 is 0. The SMILES string of the molecule is C=CC(=O)[N+](C=Cc1ccccc1)(C=Cc1ccccc1)CCCC. The molecule has 2 aromatic rings. The largest absolute Gasteiger partial charge is 0.347 e. The van der Waals surface area contributed by atoms with E-state index in [1.165, 1.54) is 6.08 Å². The van der Waals surface area contributed by atoms with Gasteiger partial charge in [-0.15, -0.1) is 0 Å². The number of amides is 1. The van der Waals surface area contributed by atoms with Crippen LogP contribution in [0.15, 0.2) is 85.7 Å². The lowest BCUT2D eigenvalue weighted by Crippen LogP contribution is -2.42. The van der Waals surface area contributed by atoms with Crippen LogP contribution in [0.25, 0.3) is 12.2 Å². The van der Waals surface area contributed by atoms with Gasteiger partial charge in [-0.1, -0.05) is 80.6 Å². The third-order valence-corrected chi connectivity index (χ3v) is 4.13. The van der Waals surface area contributed by atoms with Crippen molar-refractivity contribution in [1.82, 2.24) is 0 Å². The molecule has 0 saturated heterocycles. The lowest BCUT2D eigenvalue weighted by atomic mass is 10.2. The third kappa shape index (κ3) is 5.40. The molecule has 2 heteroatoms. The lowest BCUT2D eigenvalue weighted by molar-refractivity contribution is -0.744. The maximum Gasteiger partial charge on any atom is 0.347 e. The fourth-order valence-corrected chi connectivity index (χ4v) is 2.61. The molecule has 0 aliphatic carbocycles. The molecule has 0 aliphatic heterocycles. The van der Waals surface area contributed by atoms with Crippen LogP contribution in [-0.2, 0) is 4.79 Å². The summed E-state index contributed by atoms with van der Waals surface area (Å²) in [4.78, 5) is 12.7. The van der Waals surface area contributed by atoms with Crippen molar-refractivity contribution < 1.29 is 9.28 Å². The Labute approximate surface area is 151 Å². The predicted octanol–water partition coefficient (Wildman–Crippen LogP) is 5.66. The number of nitrogens with zero attached hydrogens (tertiary/aromatic N) is 1. The van der Waals surface area contributed by atoms with Gasteiger partial charge in [-0.3, -0.25) is 0 Å². The van der Waals surface area contributed by atoms with E-state index in [4.69, 9.17) is 0 Å². The first-order chi connectivity index (χ1) is 12.2. The van der Waals surface area contributed by atoms with Gasteiger partial charge in [0.25, 0.3) is 0 Å². The van der Waals surface area contributed by atoms with Crippen LogP contribution < -0.4 is 0 Å². The van der Waals surface area contributed by atoms with E-state index in [1.807, 2.05) is 85.2 Å². The summed E-state index contributed by atoms with van der Waals surface area (Å²) in [7, 11) is 0. The van der Waals surface area contributed by atoms with Gasteiger partial charge in [0.2, 0.25) is 0 Å². The summed E-state index contributed by atoms with van der Waals surface area (Å²) in [6.45, 7) is 6.56. The number of benzene rings is 2. The topological polar surface area (TPSA) is 17.1 Å². The quantitative estimate of drug-likeness (QED) is 0.450. The summed E-state index contributed by atoms with van der Waals surface area (Å²) < 4.78 is 0.140. The minimum atomic E-state index is -0.0205. The highest BCUT2D eigenvalue weighted by Crippen LogP contribution is 2.18. The number of hydrogen-bond acceptors (Lipinski definition) is 1. The van der Waals surface area contributed by atoms with Gasteiger partial charge < -0.3 is 0 Å². The van der Waals surface area contributed by atoms with E-state index in [0.29, 0.717) is 6.54 Å². The monoisotopic (exact) mass is 332 g/mol. The van der Waals surface area contributed by atoms with Crippen LogP contribution in [0.3, 0.4) is 0 Å². The number of carbonyl (C=O) groups is 1. The van der Waals surface area contributed by atoms with Gasteiger partial charge in [0.1, 0.15) is 12.4 Å². The first kappa shape index (κ1) is 18.6. The highest BCUT2D eigenvalue weighted by atomic mass is 16.2. The Balaban J connectivity index is 2.40. The van der Waals surface area contributed by atoms with E-state index in [0.717, 1.165) is 24.0 Å². The molecule has 128 valence electrons. The van der Waals surface area contributed by atoms with Crippen molar-refractivity contribution >= 4 is 18.1 Å². The van der Waals surface area contributed by atoms with Crippen molar-refractivity contribution in [2.45, 2.75) is 19.8 Å². The molecule has 0 aliphatic rings. The number of rotatable bonds is 8. The molecule has 25 heavy (non-hydrogen) atoms. The average molecular weight is 332 g/mol.